The number of likely N-dealkylation sites (tertiary alicyclic amines) is 1. The number of fused-ring (bicyclic) bond motifs is 1. The van der Waals surface area contributed by atoms with E-state index in [0.717, 1.165) is 56.3 Å². The number of carbonyl (C=O) groups is 2. The van der Waals surface area contributed by atoms with Gasteiger partial charge < -0.3 is 15.0 Å². The summed E-state index contributed by atoms with van der Waals surface area (Å²) >= 11 is 0. The zero-order valence-corrected chi connectivity index (χ0v) is 15.3. The Bertz CT molecular complexity index is 659. The maximum atomic E-state index is 12.6. The van der Waals surface area contributed by atoms with Crippen molar-refractivity contribution in [3.05, 3.63) is 11.4 Å². The van der Waals surface area contributed by atoms with E-state index >= 15 is 0 Å². The first-order chi connectivity index (χ1) is 12.6. The average Bonchev–Trinajstić information content (AvgIpc) is 3.33. The van der Waals surface area contributed by atoms with Crippen LogP contribution in [0.5, 0.6) is 0 Å². The molecule has 1 N–H and O–H groups in total. The van der Waals surface area contributed by atoms with Gasteiger partial charge in [0.15, 0.2) is 0 Å². The molecule has 142 valence electrons. The molecule has 3 atom stereocenters. The molecule has 3 heterocycles. The molecule has 2 amide bonds. The molecule has 1 aromatic rings. The first-order valence-electron chi connectivity index (χ1n) is 9.74. The van der Waals surface area contributed by atoms with Gasteiger partial charge in [-0.15, -0.1) is 0 Å². The van der Waals surface area contributed by atoms with E-state index < -0.39 is 0 Å². The monoisotopic (exact) mass is 361 g/mol. The molecule has 0 saturated carbocycles. The predicted molar refractivity (Wildman–Crippen MR) is 93.4 cm³/mol. The predicted octanol–water partition coefficient (Wildman–Crippen LogP) is 0.442. The van der Waals surface area contributed by atoms with Crippen molar-refractivity contribution in [2.24, 2.45) is 0 Å². The van der Waals surface area contributed by atoms with Crippen LogP contribution in [-0.2, 0) is 33.7 Å². The van der Waals surface area contributed by atoms with E-state index in [0.29, 0.717) is 13.2 Å². The standard InChI is InChI=1S/C18H27N5O3/c1-12-9-13(10-22(12)18(25)16-7-4-8-26-16)19-17(24)11-23-20-14-5-2-3-6-15(14)21-23/h12-13,16H,2-11H2,1H3,(H,19,24). The second-order valence-corrected chi connectivity index (χ2v) is 7.67. The van der Waals surface area contributed by atoms with E-state index in [1.807, 2.05) is 11.8 Å². The number of rotatable bonds is 4. The van der Waals surface area contributed by atoms with Crippen molar-refractivity contribution in [2.45, 2.75) is 76.6 Å². The number of aromatic nitrogens is 3. The third-order valence-corrected chi connectivity index (χ3v) is 5.60. The molecule has 3 aliphatic rings. The highest BCUT2D eigenvalue weighted by atomic mass is 16.5. The summed E-state index contributed by atoms with van der Waals surface area (Å²) in [6, 6.07) is 0.0974. The molecule has 2 aliphatic heterocycles. The highest BCUT2D eigenvalue weighted by molar-refractivity contribution is 5.82. The van der Waals surface area contributed by atoms with Crippen molar-refractivity contribution in [2.75, 3.05) is 13.2 Å². The van der Waals surface area contributed by atoms with Crippen LogP contribution in [0.15, 0.2) is 0 Å². The molecule has 26 heavy (non-hydrogen) atoms. The average molecular weight is 361 g/mol. The minimum atomic E-state index is -0.300. The lowest BCUT2D eigenvalue weighted by Crippen LogP contribution is -2.43. The van der Waals surface area contributed by atoms with Crippen LogP contribution in [-0.4, -0.2) is 63.0 Å². The molecule has 0 aromatic carbocycles. The molecule has 8 nitrogen and oxygen atoms in total. The van der Waals surface area contributed by atoms with E-state index in [-0.39, 0.29) is 36.5 Å². The molecule has 1 aromatic heterocycles. The molecule has 1 aliphatic carbocycles. The van der Waals surface area contributed by atoms with Gasteiger partial charge in [0.05, 0.1) is 11.4 Å². The highest BCUT2D eigenvalue weighted by Crippen LogP contribution is 2.23. The fourth-order valence-electron chi connectivity index (χ4n) is 4.26. The van der Waals surface area contributed by atoms with Gasteiger partial charge in [0.1, 0.15) is 12.6 Å². The van der Waals surface area contributed by atoms with Crippen LogP contribution in [0.4, 0.5) is 0 Å². The van der Waals surface area contributed by atoms with E-state index in [1.54, 1.807) is 0 Å². The third-order valence-electron chi connectivity index (χ3n) is 5.60. The van der Waals surface area contributed by atoms with Crippen molar-refractivity contribution >= 4 is 11.8 Å². The topological polar surface area (TPSA) is 89.4 Å². The van der Waals surface area contributed by atoms with E-state index in [4.69, 9.17) is 4.74 Å². The van der Waals surface area contributed by atoms with Crippen molar-refractivity contribution in [1.82, 2.24) is 25.2 Å². The summed E-state index contributed by atoms with van der Waals surface area (Å²) in [5, 5.41) is 11.9. The summed E-state index contributed by atoms with van der Waals surface area (Å²) in [5.74, 6) is -0.0332. The zero-order valence-electron chi connectivity index (χ0n) is 15.3. The summed E-state index contributed by atoms with van der Waals surface area (Å²) < 4.78 is 5.51. The molecule has 3 unspecified atom stereocenters. The van der Waals surface area contributed by atoms with Gasteiger partial charge in [-0.1, -0.05) is 0 Å². The van der Waals surface area contributed by atoms with Gasteiger partial charge in [0.2, 0.25) is 5.91 Å². The summed E-state index contributed by atoms with van der Waals surface area (Å²) in [4.78, 5) is 28.3. The Morgan fingerprint density at radius 2 is 1.92 bits per heavy atom. The Hall–Kier alpha value is -1.96. The summed E-state index contributed by atoms with van der Waals surface area (Å²) in [6.07, 6.45) is 6.42. The third kappa shape index (κ3) is 3.60. The first kappa shape index (κ1) is 17.5. The quantitative estimate of drug-likeness (QED) is 0.841. The fourth-order valence-corrected chi connectivity index (χ4v) is 4.26. The van der Waals surface area contributed by atoms with E-state index in [2.05, 4.69) is 15.5 Å². The Kier molecular flexibility index (Phi) is 4.93. The molecule has 2 fully saturated rings. The maximum absolute atomic E-state index is 12.6. The molecular formula is C18H27N5O3. The SMILES string of the molecule is CC1CC(NC(=O)Cn2nc3c(n2)CCCC3)CN1C(=O)C1CCCO1. The lowest BCUT2D eigenvalue weighted by Gasteiger charge is -2.24. The van der Waals surface area contributed by atoms with Gasteiger partial charge in [0.25, 0.3) is 5.91 Å². The molecule has 0 radical (unpaired) electrons. The van der Waals surface area contributed by atoms with Crippen LogP contribution >= 0.6 is 0 Å². The second kappa shape index (κ2) is 7.34. The van der Waals surface area contributed by atoms with Crippen LogP contribution in [0, 0.1) is 0 Å². The Balaban J connectivity index is 1.30. The van der Waals surface area contributed by atoms with Crippen molar-refractivity contribution in [1.29, 1.82) is 0 Å². The van der Waals surface area contributed by atoms with Gasteiger partial charge in [-0.25, -0.2) is 0 Å². The van der Waals surface area contributed by atoms with Gasteiger partial charge in [0, 0.05) is 25.2 Å². The summed E-state index contributed by atoms with van der Waals surface area (Å²) in [6.45, 7) is 3.38. The van der Waals surface area contributed by atoms with Crippen molar-refractivity contribution in [3.63, 3.8) is 0 Å². The number of aryl methyl sites for hydroxylation is 2. The fraction of sp³-hybridized carbons (Fsp3) is 0.778. The maximum Gasteiger partial charge on any atom is 0.252 e. The molecule has 0 bridgehead atoms. The number of carbonyl (C=O) groups excluding carboxylic acids is 2. The first-order valence-corrected chi connectivity index (χ1v) is 9.74. The van der Waals surface area contributed by atoms with Crippen LogP contribution in [0.2, 0.25) is 0 Å². The summed E-state index contributed by atoms with van der Waals surface area (Å²) in [7, 11) is 0. The van der Waals surface area contributed by atoms with Crippen molar-refractivity contribution < 1.29 is 14.3 Å². The summed E-state index contributed by atoms with van der Waals surface area (Å²) in [5.41, 5.74) is 2.07. The van der Waals surface area contributed by atoms with Gasteiger partial charge in [-0.05, 0) is 51.9 Å². The smallest absolute Gasteiger partial charge is 0.252 e. The number of amides is 2. The van der Waals surface area contributed by atoms with Gasteiger partial charge in [-0.2, -0.15) is 15.0 Å². The van der Waals surface area contributed by atoms with Crippen LogP contribution < -0.4 is 5.32 Å². The van der Waals surface area contributed by atoms with Crippen LogP contribution in [0.25, 0.3) is 0 Å². The largest absolute Gasteiger partial charge is 0.368 e. The highest BCUT2D eigenvalue weighted by Gasteiger charge is 2.37. The zero-order chi connectivity index (χ0) is 18.1. The van der Waals surface area contributed by atoms with Crippen LogP contribution in [0.3, 0.4) is 0 Å². The number of hydrogen-bond acceptors (Lipinski definition) is 5. The molecule has 4 rings (SSSR count). The normalized spacial score (nSPS) is 28.2. The Morgan fingerprint density at radius 3 is 2.58 bits per heavy atom. The molecule has 8 heteroatoms. The van der Waals surface area contributed by atoms with E-state index in [1.165, 1.54) is 4.80 Å². The van der Waals surface area contributed by atoms with Gasteiger partial charge >= 0.3 is 0 Å². The number of nitrogens with zero attached hydrogens (tertiary/aromatic N) is 4. The number of hydrogen-bond donors (Lipinski definition) is 1. The molecular weight excluding hydrogens is 334 g/mol. The lowest BCUT2D eigenvalue weighted by molar-refractivity contribution is -0.141. The minimum absolute atomic E-state index is 0.0203. The minimum Gasteiger partial charge on any atom is -0.368 e. The number of ether oxygens (including phenoxy) is 1. The Morgan fingerprint density at radius 1 is 1.19 bits per heavy atom. The number of nitrogens with one attached hydrogen (secondary N) is 1. The van der Waals surface area contributed by atoms with Crippen LogP contribution in [0.1, 0.15) is 50.4 Å². The molecule has 0 spiro atoms. The lowest BCUT2D eigenvalue weighted by atomic mass is 10.0. The molecule has 2 saturated heterocycles. The van der Waals surface area contributed by atoms with Crippen molar-refractivity contribution in [3.8, 4) is 0 Å². The Labute approximate surface area is 153 Å². The second-order valence-electron chi connectivity index (χ2n) is 7.67. The van der Waals surface area contributed by atoms with Gasteiger partial charge in [-0.3, -0.25) is 9.59 Å². The van der Waals surface area contributed by atoms with E-state index in [9.17, 15) is 9.59 Å².